The summed E-state index contributed by atoms with van der Waals surface area (Å²) in [7, 11) is 0. The van der Waals surface area contributed by atoms with Crippen LogP contribution in [-0.2, 0) is 5.54 Å². The van der Waals surface area contributed by atoms with Crippen molar-refractivity contribution in [1.82, 2.24) is 10.1 Å². The molecule has 0 fully saturated rings. The van der Waals surface area contributed by atoms with Gasteiger partial charge in [-0.3, -0.25) is 0 Å². The van der Waals surface area contributed by atoms with Crippen LogP contribution in [0.1, 0.15) is 58.2 Å². The Morgan fingerprint density at radius 2 is 2.14 bits per heavy atom. The van der Waals surface area contributed by atoms with E-state index >= 15 is 0 Å². The summed E-state index contributed by atoms with van der Waals surface area (Å²) in [6, 6.07) is 0. The van der Waals surface area contributed by atoms with Gasteiger partial charge >= 0.3 is 0 Å². The van der Waals surface area contributed by atoms with Gasteiger partial charge < -0.3 is 10.3 Å². The number of rotatable bonds is 4. The highest BCUT2D eigenvalue weighted by atomic mass is 16.5. The highest BCUT2D eigenvalue weighted by Crippen LogP contribution is 2.22. The third-order valence-corrected chi connectivity index (χ3v) is 2.22. The van der Waals surface area contributed by atoms with Gasteiger partial charge in [-0.1, -0.05) is 32.3 Å². The summed E-state index contributed by atoms with van der Waals surface area (Å²) in [4.78, 5) is 4.30. The molecule has 0 aliphatic heterocycles. The fourth-order valence-corrected chi connectivity index (χ4v) is 1.33. The van der Waals surface area contributed by atoms with Crippen LogP contribution in [0.2, 0.25) is 0 Å². The van der Waals surface area contributed by atoms with Crippen LogP contribution in [0.4, 0.5) is 0 Å². The fraction of sp³-hybridized carbons (Fsp3) is 0.800. The lowest BCUT2D eigenvalue weighted by molar-refractivity contribution is 0.282. The summed E-state index contributed by atoms with van der Waals surface area (Å²) in [5.74, 6) is 1.56. The minimum atomic E-state index is -0.491. The van der Waals surface area contributed by atoms with Crippen molar-refractivity contribution >= 4 is 0 Å². The number of aromatic nitrogens is 2. The topological polar surface area (TPSA) is 64.9 Å². The molecule has 0 aliphatic carbocycles. The van der Waals surface area contributed by atoms with Crippen LogP contribution >= 0.6 is 0 Å². The molecular weight excluding hydrogens is 178 g/mol. The molecule has 0 aromatic carbocycles. The molecule has 4 heteroatoms. The first-order valence-corrected chi connectivity index (χ1v) is 5.10. The first-order chi connectivity index (χ1) is 6.47. The Balaban J connectivity index is 2.85. The second-order valence-corrected chi connectivity index (χ2v) is 4.28. The maximum Gasteiger partial charge on any atom is 0.246 e. The largest absolute Gasteiger partial charge is 0.337 e. The van der Waals surface area contributed by atoms with Gasteiger partial charge in [0, 0.05) is 5.92 Å². The molecule has 1 heterocycles. The second kappa shape index (κ2) is 4.09. The quantitative estimate of drug-likeness (QED) is 0.803. The van der Waals surface area contributed by atoms with Crippen molar-refractivity contribution in [3.8, 4) is 0 Å². The average molecular weight is 197 g/mol. The van der Waals surface area contributed by atoms with E-state index in [1.807, 2.05) is 20.8 Å². The minimum absolute atomic E-state index is 0.282. The SMILES string of the molecule is CCCC(C)(N)c1nc(C(C)C)no1. The van der Waals surface area contributed by atoms with Crippen molar-refractivity contribution in [2.24, 2.45) is 5.73 Å². The Morgan fingerprint density at radius 3 is 2.57 bits per heavy atom. The molecular formula is C10H19N3O. The van der Waals surface area contributed by atoms with Crippen molar-refractivity contribution in [3.05, 3.63) is 11.7 Å². The predicted octanol–water partition coefficient (Wildman–Crippen LogP) is 2.17. The van der Waals surface area contributed by atoms with Crippen molar-refractivity contribution in [1.29, 1.82) is 0 Å². The number of hydrogen-bond donors (Lipinski definition) is 1. The zero-order valence-electron chi connectivity index (χ0n) is 9.37. The van der Waals surface area contributed by atoms with E-state index in [1.54, 1.807) is 0 Å². The normalized spacial score (nSPS) is 15.9. The standard InChI is InChI=1S/C10H19N3O/c1-5-6-10(4,11)9-12-8(7(2)3)13-14-9/h7H,5-6,11H2,1-4H3. The van der Waals surface area contributed by atoms with E-state index in [4.69, 9.17) is 10.3 Å². The molecule has 0 aliphatic rings. The molecule has 4 nitrogen and oxygen atoms in total. The molecule has 0 radical (unpaired) electrons. The number of nitrogens with zero attached hydrogens (tertiary/aromatic N) is 2. The molecule has 1 atom stereocenters. The lowest BCUT2D eigenvalue weighted by atomic mass is 9.98. The van der Waals surface area contributed by atoms with Crippen LogP contribution in [0.3, 0.4) is 0 Å². The average Bonchev–Trinajstić information content (AvgIpc) is 2.51. The summed E-state index contributed by atoms with van der Waals surface area (Å²) in [5.41, 5.74) is 5.57. The van der Waals surface area contributed by atoms with Gasteiger partial charge in [0.25, 0.3) is 0 Å². The van der Waals surface area contributed by atoms with E-state index in [9.17, 15) is 0 Å². The highest BCUT2D eigenvalue weighted by molar-refractivity contribution is 5.01. The number of hydrogen-bond acceptors (Lipinski definition) is 4. The zero-order chi connectivity index (χ0) is 10.8. The van der Waals surface area contributed by atoms with Crippen molar-refractivity contribution in [3.63, 3.8) is 0 Å². The predicted molar refractivity (Wildman–Crippen MR) is 54.8 cm³/mol. The summed E-state index contributed by atoms with van der Waals surface area (Å²) >= 11 is 0. The van der Waals surface area contributed by atoms with E-state index < -0.39 is 5.54 Å². The Hall–Kier alpha value is -0.900. The van der Waals surface area contributed by atoms with Crippen molar-refractivity contribution in [2.45, 2.75) is 52.0 Å². The maximum absolute atomic E-state index is 6.07. The summed E-state index contributed by atoms with van der Waals surface area (Å²) in [5, 5.41) is 3.90. The first-order valence-electron chi connectivity index (χ1n) is 5.10. The van der Waals surface area contributed by atoms with Gasteiger partial charge in [0.1, 0.15) is 0 Å². The Labute approximate surface area is 84.9 Å². The highest BCUT2D eigenvalue weighted by Gasteiger charge is 2.27. The lowest BCUT2D eigenvalue weighted by Gasteiger charge is -2.18. The molecule has 1 rings (SSSR count). The van der Waals surface area contributed by atoms with Crippen LogP contribution in [-0.4, -0.2) is 10.1 Å². The van der Waals surface area contributed by atoms with Crippen LogP contribution in [0.5, 0.6) is 0 Å². The van der Waals surface area contributed by atoms with Crippen LogP contribution in [0.15, 0.2) is 4.52 Å². The molecule has 14 heavy (non-hydrogen) atoms. The van der Waals surface area contributed by atoms with Gasteiger partial charge in [0.2, 0.25) is 5.89 Å². The molecule has 1 aromatic rings. The smallest absolute Gasteiger partial charge is 0.246 e. The van der Waals surface area contributed by atoms with Gasteiger partial charge in [-0.2, -0.15) is 4.98 Å². The van der Waals surface area contributed by atoms with E-state index in [-0.39, 0.29) is 5.92 Å². The monoisotopic (exact) mass is 197 g/mol. The van der Waals surface area contributed by atoms with Crippen molar-refractivity contribution in [2.75, 3.05) is 0 Å². The van der Waals surface area contributed by atoms with E-state index in [0.717, 1.165) is 18.7 Å². The minimum Gasteiger partial charge on any atom is -0.337 e. The third kappa shape index (κ3) is 2.32. The molecule has 0 saturated heterocycles. The van der Waals surface area contributed by atoms with Crippen LogP contribution in [0, 0.1) is 0 Å². The zero-order valence-corrected chi connectivity index (χ0v) is 9.37. The maximum atomic E-state index is 6.07. The van der Waals surface area contributed by atoms with Gasteiger partial charge in [-0.15, -0.1) is 0 Å². The molecule has 0 spiro atoms. The van der Waals surface area contributed by atoms with Gasteiger partial charge in [-0.25, -0.2) is 0 Å². The summed E-state index contributed by atoms with van der Waals surface area (Å²) in [6.45, 7) is 8.07. The second-order valence-electron chi connectivity index (χ2n) is 4.28. The van der Waals surface area contributed by atoms with Crippen LogP contribution < -0.4 is 5.73 Å². The summed E-state index contributed by atoms with van der Waals surface area (Å²) in [6.07, 6.45) is 1.86. The fourth-order valence-electron chi connectivity index (χ4n) is 1.33. The molecule has 2 N–H and O–H groups in total. The summed E-state index contributed by atoms with van der Waals surface area (Å²) < 4.78 is 5.16. The van der Waals surface area contributed by atoms with Gasteiger partial charge in [-0.05, 0) is 13.3 Å². The molecule has 80 valence electrons. The third-order valence-electron chi connectivity index (χ3n) is 2.22. The Morgan fingerprint density at radius 1 is 1.50 bits per heavy atom. The van der Waals surface area contributed by atoms with E-state index in [2.05, 4.69) is 17.1 Å². The Bertz CT molecular complexity index is 291. The molecule has 1 aromatic heterocycles. The van der Waals surface area contributed by atoms with E-state index in [0.29, 0.717) is 5.89 Å². The van der Waals surface area contributed by atoms with Gasteiger partial charge in [0.05, 0.1) is 5.54 Å². The van der Waals surface area contributed by atoms with Crippen LogP contribution in [0.25, 0.3) is 0 Å². The molecule has 0 saturated carbocycles. The molecule has 0 amide bonds. The van der Waals surface area contributed by atoms with E-state index in [1.165, 1.54) is 0 Å². The van der Waals surface area contributed by atoms with Gasteiger partial charge in [0.15, 0.2) is 5.82 Å². The van der Waals surface area contributed by atoms with Crippen molar-refractivity contribution < 1.29 is 4.52 Å². The number of nitrogens with two attached hydrogens (primary N) is 1. The lowest BCUT2D eigenvalue weighted by Crippen LogP contribution is -2.33. The Kier molecular flexibility index (Phi) is 3.26. The first kappa shape index (κ1) is 11.2. The molecule has 0 bridgehead atoms. The molecule has 1 unspecified atom stereocenters.